The molecule has 14 heteroatoms. The van der Waals surface area contributed by atoms with E-state index >= 15 is 0 Å². The molecule has 0 saturated carbocycles. The molecule has 1 aliphatic heterocycles. The number of nitrogens with zero attached hydrogens (tertiary/aromatic N) is 2. The van der Waals surface area contributed by atoms with Gasteiger partial charge in [-0.25, -0.2) is 4.79 Å². The Morgan fingerprint density at radius 3 is 1.91 bits per heavy atom. The van der Waals surface area contributed by atoms with Crippen molar-refractivity contribution in [3.63, 3.8) is 0 Å². The molecular formula is C19H22F6N4O4. The number of piperidine rings is 1. The summed E-state index contributed by atoms with van der Waals surface area (Å²) < 4.78 is 72.5. The fourth-order valence-corrected chi connectivity index (χ4v) is 3.23. The van der Waals surface area contributed by atoms with Crippen LogP contribution in [0.2, 0.25) is 0 Å². The van der Waals surface area contributed by atoms with Gasteiger partial charge in [-0.1, -0.05) is 6.07 Å². The maximum atomic E-state index is 13.6. The minimum absolute atomic E-state index is 0.0890. The van der Waals surface area contributed by atoms with Crippen LogP contribution in [0.3, 0.4) is 0 Å². The minimum atomic E-state index is -5.08. The van der Waals surface area contributed by atoms with Crippen LogP contribution in [0.5, 0.6) is 0 Å². The molecule has 0 aromatic heterocycles. The zero-order valence-electron chi connectivity index (χ0n) is 17.5. The maximum absolute atomic E-state index is 13.6. The third-order valence-electron chi connectivity index (χ3n) is 4.79. The lowest BCUT2D eigenvalue weighted by atomic mass is 9.84. The van der Waals surface area contributed by atoms with Gasteiger partial charge in [-0.3, -0.25) is 9.59 Å². The lowest BCUT2D eigenvalue weighted by Crippen LogP contribution is -2.36. The fourth-order valence-electron chi connectivity index (χ4n) is 3.23. The number of carboxylic acids is 1. The van der Waals surface area contributed by atoms with E-state index in [4.69, 9.17) is 21.4 Å². The number of carbonyl (C=O) groups excluding carboxylic acids is 2. The van der Waals surface area contributed by atoms with Gasteiger partial charge in [0.1, 0.15) is 0 Å². The third kappa shape index (κ3) is 7.95. The van der Waals surface area contributed by atoms with Crippen molar-refractivity contribution in [2.24, 2.45) is 16.5 Å². The first-order valence-corrected chi connectivity index (χ1v) is 9.36. The van der Waals surface area contributed by atoms with Crippen LogP contribution in [0.25, 0.3) is 0 Å². The number of guanidine groups is 1. The topological polar surface area (TPSA) is 139 Å². The number of benzene rings is 1. The zero-order chi connectivity index (χ0) is 25.7. The molecule has 1 heterocycles. The summed E-state index contributed by atoms with van der Waals surface area (Å²) >= 11 is 0. The first-order chi connectivity index (χ1) is 14.9. The molecular weight excluding hydrogens is 462 g/mol. The second-order valence-corrected chi connectivity index (χ2v) is 7.18. The molecule has 0 bridgehead atoms. The van der Waals surface area contributed by atoms with Crippen molar-refractivity contribution < 1.29 is 45.8 Å². The molecule has 2 amide bonds. The largest absolute Gasteiger partial charge is 0.490 e. The number of carbonyl (C=O) groups is 3. The van der Waals surface area contributed by atoms with E-state index in [1.165, 1.54) is 13.0 Å². The van der Waals surface area contributed by atoms with Gasteiger partial charge in [0.05, 0.1) is 5.56 Å². The average molecular weight is 484 g/mol. The zero-order valence-corrected chi connectivity index (χ0v) is 17.5. The lowest BCUT2D eigenvalue weighted by molar-refractivity contribution is -0.192. The average Bonchev–Trinajstić information content (AvgIpc) is 2.66. The number of carboxylic acid groups (broad SMARTS) is 1. The van der Waals surface area contributed by atoms with Crippen LogP contribution in [-0.4, -0.2) is 53.0 Å². The van der Waals surface area contributed by atoms with E-state index in [0.29, 0.717) is 31.5 Å². The Morgan fingerprint density at radius 2 is 1.55 bits per heavy atom. The molecule has 2 rings (SSSR count). The summed E-state index contributed by atoms with van der Waals surface area (Å²) in [6.45, 7) is 3.80. The van der Waals surface area contributed by atoms with Crippen LogP contribution in [0.4, 0.5) is 26.3 Å². The predicted octanol–water partition coefficient (Wildman–Crippen LogP) is 2.79. The summed E-state index contributed by atoms with van der Waals surface area (Å²) in [6, 6.07) is 2.20. The highest BCUT2D eigenvalue weighted by molar-refractivity contribution is 6.03. The molecule has 1 aromatic carbocycles. The third-order valence-corrected chi connectivity index (χ3v) is 4.79. The van der Waals surface area contributed by atoms with E-state index in [-0.39, 0.29) is 23.0 Å². The summed E-state index contributed by atoms with van der Waals surface area (Å²) in [4.78, 5) is 37.2. The normalized spacial score (nSPS) is 14.7. The van der Waals surface area contributed by atoms with Crippen LogP contribution >= 0.6 is 0 Å². The van der Waals surface area contributed by atoms with Crippen molar-refractivity contribution in [3.8, 4) is 0 Å². The molecule has 8 nitrogen and oxygen atoms in total. The van der Waals surface area contributed by atoms with Crippen LogP contribution < -0.4 is 11.5 Å². The quantitative estimate of drug-likeness (QED) is 0.335. The van der Waals surface area contributed by atoms with Gasteiger partial charge in [0.15, 0.2) is 5.96 Å². The summed E-state index contributed by atoms with van der Waals surface area (Å²) in [5.74, 6) is -4.61. The Bertz CT molecular complexity index is 931. The Kier molecular flexibility index (Phi) is 8.84. The number of aliphatic imine (C=N–C) groups is 1. The molecule has 0 radical (unpaired) electrons. The molecule has 0 unspecified atom stereocenters. The predicted molar refractivity (Wildman–Crippen MR) is 104 cm³/mol. The van der Waals surface area contributed by atoms with Gasteiger partial charge in [0.2, 0.25) is 5.91 Å². The summed E-state index contributed by atoms with van der Waals surface area (Å²) in [7, 11) is 0. The van der Waals surface area contributed by atoms with Gasteiger partial charge in [-0.05, 0) is 42.9 Å². The molecule has 33 heavy (non-hydrogen) atoms. The Labute approximate surface area is 184 Å². The molecule has 1 aromatic rings. The van der Waals surface area contributed by atoms with E-state index in [1.807, 2.05) is 0 Å². The van der Waals surface area contributed by atoms with E-state index in [9.17, 15) is 35.9 Å². The SMILES string of the molecule is CC(=O)N1CCC(c2cc(C)c(C(=O)N=C(N)N)cc2C(F)(F)F)CC1.O=C(O)C(F)(F)F. The van der Waals surface area contributed by atoms with Crippen molar-refractivity contribution >= 4 is 23.7 Å². The maximum Gasteiger partial charge on any atom is 0.490 e. The number of halogens is 6. The molecule has 1 fully saturated rings. The molecule has 5 N–H and O–H groups in total. The van der Waals surface area contributed by atoms with E-state index in [1.54, 1.807) is 11.8 Å². The highest BCUT2D eigenvalue weighted by Crippen LogP contribution is 2.40. The van der Waals surface area contributed by atoms with E-state index in [2.05, 4.69) is 4.99 Å². The number of hydrogen-bond acceptors (Lipinski definition) is 3. The number of hydrogen-bond donors (Lipinski definition) is 3. The number of nitrogens with two attached hydrogens (primary N) is 2. The van der Waals surface area contributed by atoms with Crippen LogP contribution in [-0.2, 0) is 15.8 Å². The van der Waals surface area contributed by atoms with Crippen LogP contribution in [0.15, 0.2) is 17.1 Å². The van der Waals surface area contributed by atoms with Gasteiger partial charge in [0.25, 0.3) is 5.91 Å². The van der Waals surface area contributed by atoms with Crippen molar-refractivity contribution in [2.75, 3.05) is 13.1 Å². The number of aliphatic carboxylic acids is 1. The first kappa shape index (κ1) is 27.7. The van der Waals surface area contributed by atoms with Crippen molar-refractivity contribution in [2.45, 2.75) is 45.0 Å². The van der Waals surface area contributed by atoms with Gasteiger partial charge in [0, 0.05) is 25.6 Å². The molecule has 1 saturated heterocycles. The fraction of sp³-hybridized carbons (Fsp3) is 0.474. The summed E-state index contributed by atoms with van der Waals surface area (Å²) in [6.07, 6.45) is -8.83. The highest BCUT2D eigenvalue weighted by atomic mass is 19.4. The Morgan fingerprint density at radius 1 is 1.06 bits per heavy atom. The number of amides is 2. The molecule has 0 atom stereocenters. The number of rotatable bonds is 2. The van der Waals surface area contributed by atoms with Crippen LogP contribution in [0.1, 0.15) is 52.7 Å². The standard InChI is InChI=1S/C17H21F3N4O2.C2HF3O2/c1-9-7-13(11-3-5-24(6-4-11)10(2)25)14(17(18,19)20)8-12(9)15(26)23-16(21)22;3-2(4,5)1(6)7/h7-8,11H,3-6H2,1-2H3,(H4,21,22,23,26);(H,6,7). The van der Waals surface area contributed by atoms with Crippen molar-refractivity contribution in [1.29, 1.82) is 0 Å². The highest BCUT2D eigenvalue weighted by Gasteiger charge is 2.38. The Balaban J connectivity index is 0.000000675. The van der Waals surface area contributed by atoms with Gasteiger partial charge in [-0.15, -0.1) is 0 Å². The summed E-state index contributed by atoms with van der Waals surface area (Å²) in [5, 5.41) is 7.12. The monoisotopic (exact) mass is 484 g/mol. The number of aryl methyl sites for hydroxylation is 1. The van der Waals surface area contributed by atoms with E-state index < -0.39 is 35.8 Å². The Hall–Kier alpha value is -3.32. The molecule has 1 aliphatic rings. The minimum Gasteiger partial charge on any atom is -0.475 e. The second kappa shape index (κ2) is 10.5. The number of likely N-dealkylation sites (tertiary alicyclic amines) is 1. The molecule has 0 aliphatic carbocycles. The molecule has 184 valence electrons. The van der Waals surface area contributed by atoms with E-state index in [0.717, 1.165) is 6.07 Å². The first-order valence-electron chi connectivity index (χ1n) is 9.36. The van der Waals surface area contributed by atoms with Crippen molar-refractivity contribution in [1.82, 2.24) is 4.90 Å². The van der Waals surface area contributed by atoms with Gasteiger partial charge < -0.3 is 21.5 Å². The van der Waals surface area contributed by atoms with Gasteiger partial charge in [-0.2, -0.15) is 31.3 Å². The number of alkyl halides is 6. The second-order valence-electron chi connectivity index (χ2n) is 7.18. The van der Waals surface area contributed by atoms with Crippen LogP contribution in [0, 0.1) is 6.92 Å². The molecule has 0 spiro atoms. The lowest BCUT2D eigenvalue weighted by Gasteiger charge is -2.33. The van der Waals surface area contributed by atoms with Gasteiger partial charge >= 0.3 is 18.3 Å². The summed E-state index contributed by atoms with van der Waals surface area (Å²) in [5.41, 5.74) is 9.75. The van der Waals surface area contributed by atoms with Crippen molar-refractivity contribution in [3.05, 3.63) is 34.4 Å². The smallest absolute Gasteiger partial charge is 0.475 e.